The second-order valence-corrected chi connectivity index (χ2v) is 14.4. The minimum absolute atomic E-state index is 0. The van der Waals surface area contributed by atoms with E-state index in [0.29, 0.717) is 65.6 Å². The Labute approximate surface area is 328 Å². The molecule has 0 aliphatic rings. The number of para-hydroxylation sites is 2. The minimum atomic E-state index is -0.379. The van der Waals surface area contributed by atoms with Crippen molar-refractivity contribution in [3.8, 4) is 11.4 Å². The van der Waals surface area contributed by atoms with Crippen LogP contribution in [0.1, 0.15) is 51.2 Å². The molecule has 0 radical (unpaired) electrons. The molecule has 2 aromatic carbocycles. The zero-order valence-corrected chi connectivity index (χ0v) is 32.2. The molecule has 53 heavy (non-hydrogen) atoms. The van der Waals surface area contributed by atoms with Crippen LogP contribution in [0.2, 0.25) is 0 Å². The van der Waals surface area contributed by atoms with Gasteiger partial charge < -0.3 is 10.3 Å². The van der Waals surface area contributed by atoms with Crippen LogP contribution in [0.5, 0.6) is 0 Å². The normalized spacial score (nSPS) is 12.2. The largest absolute Gasteiger partial charge is 0.382 e. The zero-order valence-electron chi connectivity index (χ0n) is 27.5. The number of nitrogens with two attached hydrogens (primary N) is 1. The van der Waals surface area contributed by atoms with E-state index < -0.39 is 0 Å². The summed E-state index contributed by atoms with van der Waals surface area (Å²) in [5.74, 6) is 1.46. The highest BCUT2D eigenvalue weighted by Crippen LogP contribution is 2.28. The highest BCUT2D eigenvalue weighted by Gasteiger charge is 2.25. The maximum absolute atomic E-state index is 13.5. The topological polar surface area (TPSA) is 175 Å². The molecular weight excluding hydrogens is 874 g/mol. The van der Waals surface area contributed by atoms with Gasteiger partial charge in [0, 0.05) is 14.1 Å². The monoisotopic (exact) mass is 907 g/mol. The van der Waals surface area contributed by atoms with Gasteiger partial charge in [-0.25, -0.2) is 34.3 Å². The summed E-state index contributed by atoms with van der Waals surface area (Å²) in [7, 11) is 3.52. The van der Waals surface area contributed by atoms with E-state index in [1.807, 2.05) is 79.1 Å². The first kappa shape index (κ1) is 39.1. The molecule has 6 aromatic heterocycles. The van der Waals surface area contributed by atoms with Crippen molar-refractivity contribution in [2.45, 2.75) is 39.6 Å². The van der Waals surface area contributed by atoms with Crippen LogP contribution in [0.4, 0.5) is 5.82 Å². The smallest absolute Gasteiger partial charge is 0.270 e. The summed E-state index contributed by atoms with van der Waals surface area (Å²) in [6.07, 6.45) is 3.02. The van der Waals surface area contributed by atoms with E-state index in [1.54, 1.807) is 38.9 Å². The van der Waals surface area contributed by atoms with Crippen molar-refractivity contribution in [1.82, 2.24) is 58.2 Å². The van der Waals surface area contributed by atoms with Crippen LogP contribution < -0.4 is 16.9 Å². The number of imidazole rings is 1. The average molecular weight is 910 g/mol. The highest BCUT2D eigenvalue weighted by molar-refractivity contribution is 9.11. The standard InChI is InChI=1S/C19H16BrN9O.C14H12Br2N4O.2CH4/c1-10(28-9-24-13-15(21)22-8-23-18(13)28)16-25-17-12(14(20)26-27(17)2)19(30)29(16)11-6-4-3-5-7-11;1-8(15)12-17-13-10(11(16)18-19(13)2)14(21)20(12)9-6-4-3-5-7-9;;/h3-10H,1-2H3,(H2,21,22,23);3-8H,1-2H3;2*1H4. The summed E-state index contributed by atoms with van der Waals surface area (Å²) in [6.45, 7) is 3.87. The number of benzene rings is 2. The maximum atomic E-state index is 13.5. The molecule has 2 N–H and O–H groups in total. The van der Waals surface area contributed by atoms with Gasteiger partial charge in [0.05, 0.1) is 28.6 Å². The molecule has 18 heteroatoms. The molecule has 2 atom stereocenters. The number of rotatable bonds is 5. The van der Waals surface area contributed by atoms with E-state index >= 15 is 0 Å². The molecule has 6 heterocycles. The molecule has 15 nitrogen and oxygen atoms in total. The van der Waals surface area contributed by atoms with Crippen LogP contribution in [-0.2, 0) is 14.1 Å². The second kappa shape index (κ2) is 15.5. The Morgan fingerprint density at radius 1 is 0.679 bits per heavy atom. The first-order chi connectivity index (χ1) is 24.5. The number of halogens is 3. The summed E-state index contributed by atoms with van der Waals surface area (Å²) >= 11 is 10.2. The van der Waals surface area contributed by atoms with Crippen LogP contribution >= 0.6 is 47.8 Å². The lowest BCUT2D eigenvalue weighted by Gasteiger charge is -2.19. The van der Waals surface area contributed by atoms with Gasteiger partial charge in [-0.15, -0.1) is 0 Å². The third-order valence-electron chi connectivity index (χ3n) is 8.24. The molecule has 8 aromatic rings. The number of fused-ring (bicyclic) bond motifs is 3. The maximum Gasteiger partial charge on any atom is 0.270 e. The first-order valence-electron chi connectivity index (χ1n) is 15.5. The average Bonchev–Trinajstić information content (AvgIpc) is 3.78. The van der Waals surface area contributed by atoms with E-state index in [-0.39, 0.29) is 36.8 Å². The quantitative estimate of drug-likeness (QED) is 0.181. The summed E-state index contributed by atoms with van der Waals surface area (Å²) in [5.41, 5.74) is 9.20. The predicted molar refractivity (Wildman–Crippen MR) is 218 cm³/mol. The Morgan fingerprint density at radius 2 is 1.15 bits per heavy atom. The lowest BCUT2D eigenvalue weighted by Crippen LogP contribution is -2.27. The Morgan fingerprint density at radius 3 is 1.64 bits per heavy atom. The van der Waals surface area contributed by atoms with Crippen molar-refractivity contribution in [3.05, 3.63) is 115 Å². The molecule has 0 spiro atoms. The fraction of sp³-hybridized carbons (Fsp3) is 0.229. The summed E-state index contributed by atoms with van der Waals surface area (Å²) < 4.78 is 9.19. The summed E-state index contributed by atoms with van der Waals surface area (Å²) in [6, 6.07) is 18.5. The van der Waals surface area contributed by atoms with Gasteiger partial charge in [-0.05, 0) is 70.0 Å². The molecule has 0 fully saturated rings. The van der Waals surface area contributed by atoms with Crippen molar-refractivity contribution in [2.75, 3.05) is 5.73 Å². The predicted octanol–water partition coefficient (Wildman–Crippen LogP) is 6.82. The van der Waals surface area contributed by atoms with Crippen molar-refractivity contribution in [1.29, 1.82) is 0 Å². The number of nitrogens with zero attached hydrogens (tertiary/aromatic N) is 12. The molecular formula is C35H36Br3N13O2. The van der Waals surface area contributed by atoms with Gasteiger partial charge in [0.2, 0.25) is 0 Å². The first-order valence-corrected chi connectivity index (χ1v) is 18.0. The van der Waals surface area contributed by atoms with E-state index in [4.69, 9.17) is 10.7 Å². The molecule has 274 valence electrons. The van der Waals surface area contributed by atoms with Crippen LogP contribution in [0.25, 0.3) is 44.6 Å². The Hall–Kier alpha value is -5.07. The third kappa shape index (κ3) is 6.81. The third-order valence-corrected chi connectivity index (χ3v) is 9.76. The van der Waals surface area contributed by atoms with Crippen LogP contribution in [0, 0.1) is 0 Å². The van der Waals surface area contributed by atoms with Crippen molar-refractivity contribution < 1.29 is 0 Å². The molecule has 0 saturated carbocycles. The highest BCUT2D eigenvalue weighted by atomic mass is 79.9. The minimum Gasteiger partial charge on any atom is -0.382 e. The number of hydrogen-bond acceptors (Lipinski definition) is 10. The van der Waals surface area contributed by atoms with Gasteiger partial charge in [-0.1, -0.05) is 67.2 Å². The lowest BCUT2D eigenvalue weighted by molar-refractivity contribution is 0.587. The van der Waals surface area contributed by atoms with E-state index in [1.165, 1.54) is 6.33 Å². The van der Waals surface area contributed by atoms with E-state index in [0.717, 1.165) is 5.69 Å². The van der Waals surface area contributed by atoms with Crippen LogP contribution in [-0.4, -0.2) is 58.2 Å². The molecule has 8 rings (SSSR count). The molecule has 0 amide bonds. The van der Waals surface area contributed by atoms with Gasteiger partial charge >= 0.3 is 0 Å². The molecule has 0 aliphatic heterocycles. The van der Waals surface area contributed by atoms with Crippen molar-refractivity contribution >= 4 is 86.8 Å². The number of nitrogen functional groups attached to an aromatic ring is 1. The number of hydrogen-bond donors (Lipinski definition) is 1. The van der Waals surface area contributed by atoms with Gasteiger partial charge in [0.1, 0.15) is 43.5 Å². The SMILES string of the molecule is C.C.CC(Br)c1nc2c(c(Br)nn2C)c(=O)n1-c1ccccc1.CC(c1nc2c(c(Br)nn2C)c(=O)n1-c1ccccc1)n1cnc2c(N)ncnc21. The Kier molecular flexibility index (Phi) is 11.4. The van der Waals surface area contributed by atoms with Crippen LogP contribution in [0.15, 0.2) is 92.1 Å². The molecule has 0 bridgehead atoms. The molecule has 2 unspecified atom stereocenters. The van der Waals surface area contributed by atoms with Gasteiger partial charge in [0.25, 0.3) is 11.1 Å². The van der Waals surface area contributed by atoms with Crippen LogP contribution in [0.3, 0.4) is 0 Å². The number of aryl methyl sites for hydroxylation is 2. The molecule has 0 saturated heterocycles. The molecule has 0 aliphatic carbocycles. The van der Waals surface area contributed by atoms with Gasteiger partial charge in [-0.3, -0.25) is 18.7 Å². The van der Waals surface area contributed by atoms with E-state index in [9.17, 15) is 9.59 Å². The zero-order chi connectivity index (χ0) is 36.1. The van der Waals surface area contributed by atoms with Gasteiger partial charge in [-0.2, -0.15) is 10.2 Å². The van der Waals surface area contributed by atoms with Gasteiger partial charge in [0.15, 0.2) is 22.8 Å². The number of anilines is 1. The van der Waals surface area contributed by atoms with Crippen molar-refractivity contribution in [3.63, 3.8) is 0 Å². The Balaban J connectivity index is 0.000000209. The Bertz CT molecular complexity index is 2700. The fourth-order valence-electron chi connectivity index (χ4n) is 5.82. The summed E-state index contributed by atoms with van der Waals surface area (Å²) in [4.78, 5) is 48.5. The van der Waals surface area contributed by atoms with E-state index in [2.05, 4.69) is 77.9 Å². The number of aromatic nitrogens is 12. The number of alkyl halides is 1. The second-order valence-electron chi connectivity index (χ2n) is 11.5. The lowest BCUT2D eigenvalue weighted by atomic mass is 10.2. The van der Waals surface area contributed by atoms with Crippen molar-refractivity contribution in [2.24, 2.45) is 14.1 Å². The summed E-state index contributed by atoms with van der Waals surface area (Å²) in [5, 5.41) is 9.44. The fourth-order valence-corrected chi connectivity index (χ4v) is 7.29.